The van der Waals surface area contributed by atoms with Crippen LogP contribution in [0.3, 0.4) is 0 Å². The van der Waals surface area contributed by atoms with Gasteiger partial charge in [-0.25, -0.2) is 4.39 Å². The minimum atomic E-state index is -0.346. The summed E-state index contributed by atoms with van der Waals surface area (Å²) in [5, 5.41) is 0. The van der Waals surface area contributed by atoms with E-state index in [-0.39, 0.29) is 5.82 Å². The van der Waals surface area contributed by atoms with E-state index in [1.165, 1.54) is 29.7 Å². The van der Waals surface area contributed by atoms with Crippen molar-refractivity contribution < 1.29 is 9.18 Å². The highest BCUT2D eigenvalue weighted by atomic mass is 32.1. The average Bonchev–Trinajstić information content (AvgIpc) is 2.65. The summed E-state index contributed by atoms with van der Waals surface area (Å²) in [4.78, 5) is 11.6. The van der Waals surface area contributed by atoms with Gasteiger partial charge in [0.15, 0.2) is 6.29 Å². The number of aromatic nitrogens is 1. The molecule has 0 atom stereocenters. The third-order valence-electron chi connectivity index (χ3n) is 2.04. The minimum Gasteiger partial charge on any atom is -0.298 e. The smallest absolute Gasteiger partial charge is 0.150 e. The summed E-state index contributed by atoms with van der Waals surface area (Å²) >= 11 is 1.27. The molecule has 2 aromatic rings. The molecule has 0 amide bonds. The van der Waals surface area contributed by atoms with Crippen LogP contribution in [0.5, 0.6) is 0 Å². The molecule has 1 aromatic carbocycles. The summed E-state index contributed by atoms with van der Waals surface area (Å²) < 4.78 is 17.1. The number of hydrogen-bond acceptors (Lipinski definition) is 3. The second-order valence-electron chi connectivity index (χ2n) is 3.18. The number of benzene rings is 1. The molecule has 15 heavy (non-hydrogen) atoms. The van der Waals surface area contributed by atoms with E-state index in [0.29, 0.717) is 11.1 Å². The summed E-state index contributed by atoms with van der Waals surface area (Å²) in [5.41, 5.74) is 1.96. The average molecular weight is 221 g/mol. The molecular formula is C11H8FNOS. The number of aldehydes is 1. The van der Waals surface area contributed by atoms with Gasteiger partial charge in [0.1, 0.15) is 5.82 Å². The van der Waals surface area contributed by atoms with Crippen LogP contribution in [0.15, 0.2) is 24.3 Å². The third-order valence-corrected chi connectivity index (χ3v) is 2.95. The Kier molecular flexibility index (Phi) is 2.60. The minimum absolute atomic E-state index is 0.346. The Morgan fingerprint density at radius 2 is 2.20 bits per heavy atom. The van der Waals surface area contributed by atoms with Crippen molar-refractivity contribution in [3.8, 4) is 10.4 Å². The molecule has 1 aromatic heterocycles. The van der Waals surface area contributed by atoms with Crippen molar-refractivity contribution in [2.75, 3.05) is 0 Å². The van der Waals surface area contributed by atoms with Crippen LogP contribution in [0.25, 0.3) is 10.4 Å². The van der Waals surface area contributed by atoms with Crippen molar-refractivity contribution in [2.45, 2.75) is 6.92 Å². The first kappa shape index (κ1) is 9.98. The number of halogens is 1. The second kappa shape index (κ2) is 3.90. The van der Waals surface area contributed by atoms with Crippen molar-refractivity contribution >= 4 is 17.8 Å². The molecule has 0 N–H and O–H groups in total. The number of rotatable bonds is 2. The fourth-order valence-corrected chi connectivity index (χ4v) is 2.13. The molecule has 0 saturated heterocycles. The molecule has 0 aliphatic rings. The Hall–Kier alpha value is -1.55. The standard InChI is InChI=1S/C11H8FNOS/c1-7-4-11(15-13-7)10-5-9(12)3-2-8(10)6-14/h2-6H,1H3. The van der Waals surface area contributed by atoms with Crippen LogP contribution in [-0.2, 0) is 0 Å². The maximum atomic E-state index is 13.0. The molecule has 4 heteroatoms. The zero-order valence-corrected chi connectivity index (χ0v) is 8.84. The highest BCUT2D eigenvalue weighted by Crippen LogP contribution is 2.27. The molecule has 0 spiro atoms. The summed E-state index contributed by atoms with van der Waals surface area (Å²) in [5.74, 6) is -0.346. The molecule has 2 nitrogen and oxygen atoms in total. The fraction of sp³-hybridized carbons (Fsp3) is 0.0909. The lowest BCUT2D eigenvalue weighted by atomic mass is 10.1. The molecule has 76 valence electrons. The normalized spacial score (nSPS) is 10.3. The van der Waals surface area contributed by atoms with E-state index in [1.807, 2.05) is 13.0 Å². The second-order valence-corrected chi connectivity index (χ2v) is 3.99. The van der Waals surface area contributed by atoms with E-state index < -0.39 is 0 Å². The van der Waals surface area contributed by atoms with Crippen LogP contribution in [-0.4, -0.2) is 10.7 Å². The SMILES string of the molecule is Cc1cc(-c2cc(F)ccc2C=O)sn1. The summed E-state index contributed by atoms with van der Waals surface area (Å²) in [6.07, 6.45) is 0.726. The maximum Gasteiger partial charge on any atom is 0.150 e. The zero-order valence-electron chi connectivity index (χ0n) is 8.03. The molecule has 0 saturated carbocycles. The molecule has 0 aliphatic carbocycles. The van der Waals surface area contributed by atoms with Crippen molar-refractivity contribution in [3.05, 3.63) is 41.3 Å². The van der Waals surface area contributed by atoms with Gasteiger partial charge in [-0.3, -0.25) is 4.79 Å². The van der Waals surface area contributed by atoms with Gasteiger partial charge in [0.25, 0.3) is 0 Å². The quantitative estimate of drug-likeness (QED) is 0.729. The summed E-state index contributed by atoms with van der Waals surface area (Å²) in [6.45, 7) is 1.86. The number of carbonyl (C=O) groups is 1. The van der Waals surface area contributed by atoms with Crippen LogP contribution >= 0.6 is 11.5 Å². The van der Waals surface area contributed by atoms with Crippen LogP contribution in [0.1, 0.15) is 16.1 Å². The van der Waals surface area contributed by atoms with E-state index in [0.717, 1.165) is 16.9 Å². The van der Waals surface area contributed by atoms with Gasteiger partial charge in [-0.2, -0.15) is 4.37 Å². The first-order chi connectivity index (χ1) is 7.20. The van der Waals surface area contributed by atoms with E-state index in [9.17, 15) is 9.18 Å². The van der Waals surface area contributed by atoms with Gasteiger partial charge >= 0.3 is 0 Å². The largest absolute Gasteiger partial charge is 0.298 e. The van der Waals surface area contributed by atoms with E-state index >= 15 is 0 Å². The predicted octanol–water partition coefficient (Wildman–Crippen LogP) is 3.07. The highest BCUT2D eigenvalue weighted by molar-refractivity contribution is 7.09. The Balaban J connectivity index is 2.59. The topological polar surface area (TPSA) is 30.0 Å². The lowest BCUT2D eigenvalue weighted by Gasteiger charge is -2.00. The van der Waals surface area contributed by atoms with Crippen LogP contribution in [0.4, 0.5) is 4.39 Å². The number of hydrogen-bond donors (Lipinski definition) is 0. The Labute approximate surface area is 90.5 Å². The van der Waals surface area contributed by atoms with Gasteiger partial charge in [0.05, 0.1) is 10.6 Å². The maximum absolute atomic E-state index is 13.0. The zero-order chi connectivity index (χ0) is 10.8. The molecule has 0 bridgehead atoms. The van der Waals surface area contributed by atoms with Gasteiger partial charge in [0.2, 0.25) is 0 Å². The number of carbonyl (C=O) groups excluding carboxylic acids is 1. The summed E-state index contributed by atoms with van der Waals surface area (Å²) in [6, 6.07) is 5.96. The van der Waals surface area contributed by atoms with Crippen LogP contribution in [0.2, 0.25) is 0 Å². The van der Waals surface area contributed by atoms with Crippen molar-refractivity contribution in [3.63, 3.8) is 0 Å². The van der Waals surface area contributed by atoms with E-state index in [1.54, 1.807) is 0 Å². The molecule has 1 heterocycles. The Bertz CT molecular complexity index is 507. The van der Waals surface area contributed by atoms with Gasteiger partial charge in [-0.15, -0.1) is 0 Å². The predicted molar refractivity (Wildman–Crippen MR) is 57.6 cm³/mol. The molecule has 0 unspecified atom stereocenters. The van der Waals surface area contributed by atoms with E-state index in [2.05, 4.69) is 4.37 Å². The van der Waals surface area contributed by atoms with Gasteiger partial charge in [-0.05, 0) is 42.7 Å². The highest BCUT2D eigenvalue weighted by Gasteiger charge is 2.08. The van der Waals surface area contributed by atoms with Crippen molar-refractivity contribution in [2.24, 2.45) is 0 Å². The van der Waals surface area contributed by atoms with Crippen molar-refractivity contribution in [1.29, 1.82) is 0 Å². The Morgan fingerprint density at radius 3 is 2.80 bits per heavy atom. The van der Waals surface area contributed by atoms with Crippen LogP contribution < -0.4 is 0 Å². The third kappa shape index (κ3) is 1.94. The molecule has 0 aliphatic heterocycles. The first-order valence-corrected chi connectivity index (χ1v) is 5.16. The lowest BCUT2D eigenvalue weighted by molar-refractivity contribution is 0.112. The monoisotopic (exact) mass is 221 g/mol. The van der Waals surface area contributed by atoms with Gasteiger partial charge < -0.3 is 0 Å². The number of aryl methyl sites for hydroxylation is 1. The van der Waals surface area contributed by atoms with Crippen molar-refractivity contribution in [1.82, 2.24) is 4.37 Å². The van der Waals surface area contributed by atoms with Gasteiger partial charge in [0, 0.05) is 11.1 Å². The van der Waals surface area contributed by atoms with E-state index in [4.69, 9.17) is 0 Å². The first-order valence-electron chi connectivity index (χ1n) is 4.39. The van der Waals surface area contributed by atoms with Crippen LogP contribution in [0, 0.1) is 12.7 Å². The molecular weight excluding hydrogens is 213 g/mol. The summed E-state index contributed by atoms with van der Waals surface area (Å²) in [7, 11) is 0. The van der Waals surface area contributed by atoms with Gasteiger partial charge in [-0.1, -0.05) is 0 Å². The molecule has 0 fully saturated rings. The fourth-order valence-electron chi connectivity index (χ4n) is 1.34. The molecule has 2 rings (SSSR count). The Morgan fingerprint density at radius 1 is 1.40 bits per heavy atom. The molecule has 0 radical (unpaired) electrons. The lowest BCUT2D eigenvalue weighted by Crippen LogP contribution is -1.86. The number of nitrogens with zero attached hydrogens (tertiary/aromatic N) is 1.